The summed E-state index contributed by atoms with van der Waals surface area (Å²) >= 11 is 1.45. The van der Waals surface area contributed by atoms with E-state index in [-0.39, 0.29) is 17.7 Å². The molecule has 2 heterocycles. The Morgan fingerprint density at radius 1 is 1.25 bits per heavy atom. The van der Waals surface area contributed by atoms with E-state index in [1.54, 1.807) is 0 Å². The van der Waals surface area contributed by atoms with Crippen LogP contribution in [0.5, 0.6) is 11.5 Å². The van der Waals surface area contributed by atoms with Crippen molar-refractivity contribution < 1.29 is 14.3 Å². The minimum Gasteiger partial charge on any atom is -0.490 e. The predicted octanol–water partition coefficient (Wildman–Crippen LogP) is 3.78. The molecule has 6 heteroatoms. The van der Waals surface area contributed by atoms with Crippen LogP contribution in [0.3, 0.4) is 0 Å². The maximum atomic E-state index is 12.3. The number of amides is 1. The maximum absolute atomic E-state index is 12.3. The summed E-state index contributed by atoms with van der Waals surface area (Å²) in [5, 5.41) is 5.50. The standard InChI is InChI=1S/C18H22N2O3S/c1-18(2,3)15-11-24-17(19-15)20-16(21)10-12-5-6-13-14(9-12)23-8-4-7-22-13/h5-6,9,11H,4,7-8,10H2,1-3H3,(H,19,20,21). The number of anilines is 1. The molecule has 0 radical (unpaired) electrons. The second kappa shape index (κ2) is 6.81. The zero-order chi connectivity index (χ0) is 17.2. The van der Waals surface area contributed by atoms with Crippen molar-refractivity contribution in [2.75, 3.05) is 18.5 Å². The number of hydrogen-bond acceptors (Lipinski definition) is 5. The molecule has 0 unspecified atom stereocenters. The normalized spacial score (nSPS) is 14.1. The van der Waals surface area contributed by atoms with Crippen molar-refractivity contribution in [1.29, 1.82) is 0 Å². The van der Waals surface area contributed by atoms with E-state index in [4.69, 9.17) is 9.47 Å². The van der Waals surface area contributed by atoms with Crippen molar-refractivity contribution in [1.82, 2.24) is 4.98 Å². The highest BCUT2D eigenvalue weighted by atomic mass is 32.1. The van der Waals surface area contributed by atoms with Gasteiger partial charge in [0.05, 0.1) is 25.3 Å². The third-order valence-corrected chi connectivity index (χ3v) is 4.45. The van der Waals surface area contributed by atoms with Gasteiger partial charge in [-0.05, 0) is 17.7 Å². The molecule has 0 atom stereocenters. The molecule has 1 aromatic heterocycles. The van der Waals surface area contributed by atoms with Crippen LogP contribution in [-0.2, 0) is 16.6 Å². The van der Waals surface area contributed by atoms with E-state index >= 15 is 0 Å². The molecule has 3 rings (SSSR count). The highest BCUT2D eigenvalue weighted by Crippen LogP contribution is 2.31. The van der Waals surface area contributed by atoms with Gasteiger partial charge in [0.2, 0.25) is 5.91 Å². The van der Waals surface area contributed by atoms with Crippen LogP contribution in [-0.4, -0.2) is 24.1 Å². The summed E-state index contributed by atoms with van der Waals surface area (Å²) in [7, 11) is 0. The predicted molar refractivity (Wildman–Crippen MR) is 95.2 cm³/mol. The summed E-state index contributed by atoms with van der Waals surface area (Å²) in [6.07, 6.45) is 1.14. The minimum absolute atomic E-state index is 0.0200. The van der Waals surface area contributed by atoms with Gasteiger partial charge in [0.25, 0.3) is 0 Å². The van der Waals surface area contributed by atoms with Gasteiger partial charge in [0.1, 0.15) is 0 Å². The molecule has 5 nitrogen and oxygen atoms in total. The van der Waals surface area contributed by atoms with Crippen LogP contribution < -0.4 is 14.8 Å². The van der Waals surface area contributed by atoms with E-state index in [2.05, 4.69) is 31.1 Å². The number of benzene rings is 1. The molecule has 2 aromatic rings. The number of carbonyl (C=O) groups is 1. The molecular formula is C18H22N2O3S. The molecule has 1 aliphatic rings. The Morgan fingerprint density at radius 3 is 2.71 bits per heavy atom. The molecule has 1 amide bonds. The Bertz CT molecular complexity index is 734. The van der Waals surface area contributed by atoms with Crippen LogP contribution in [0.2, 0.25) is 0 Å². The van der Waals surface area contributed by atoms with Crippen LogP contribution >= 0.6 is 11.3 Å². The Morgan fingerprint density at radius 2 is 2.00 bits per heavy atom. The fraction of sp³-hybridized carbons (Fsp3) is 0.444. The molecule has 1 aromatic carbocycles. The quantitative estimate of drug-likeness (QED) is 0.919. The van der Waals surface area contributed by atoms with Gasteiger partial charge in [-0.3, -0.25) is 4.79 Å². The molecule has 1 aliphatic heterocycles. The Hall–Kier alpha value is -2.08. The first-order chi connectivity index (χ1) is 11.4. The number of fused-ring (bicyclic) bond motifs is 1. The second-order valence-corrected chi connectivity index (χ2v) is 7.70. The summed E-state index contributed by atoms with van der Waals surface area (Å²) in [5.74, 6) is 1.37. The summed E-state index contributed by atoms with van der Waals surface area (Å²) in [6, 6.07) is 5.64. The largest absolute Gasteiger partial charge is 0.490 e. The number of carbonyl (C=O) groups excluding carboxylic acids is 1. The van der Waals surface area contributed by atoms with Gasteiger partial charge in [-0.1, -0.05) is 26.8 Å². The van der Waals surface area contributed by atoms with Crippen molar-refractivity contribution in [2.24, 2.45) is 0 Å². The minimum atomic E-state index is -0.0840. The lowest BCUT2D eigenvalue weighted by Gasteiger charge is -2.14. The Labute approximate surface area is 146 Å². The van der Waals surface area contributed by atoms with E-state index in [0.717, 1.165) is 23.4 Å². The number of thiazole rings is 1. The molecule has 24 heavy (non-hydrogen) atoms. The van der Waals surface area contributed by atoms with Crippen molar-refractivity contribution in [3.05, 3.63) is 34.8 Å². The lowest BCUT2D eigenvalue weighted by atomic mass is 9.93. The van der Waals surface area contributed by atoms with Crippen LogP contribution in [0, 0.1) is 0 Å². The van der Waals surface area contributed by atoms with Gasteiger partial charge in [-0.15, -0.1) is 11.3 Å². The van der Waals surface area contributed by atoms with E-state index in [0.29, 0.717) is 24.1 Å². The highest BCUT2D eigenvalue weighted by molar-refractivity contribution is 7.13. The number of nitrogens with one attached hydrogen (secondary N) is 1. The van der Waals surface area contributed by atoms with E-state index in [1.165, 1.54) is 11.3 Å². The fourth-order valence-corrected chi connectivity index (χ4v) is 3.30. The monoisotopic (exact) mass is 346 g/mol. The number of nitrogens with zero attached hydrogens (tertiary/aromatic N) is 1. The van der Waals surface area contributed by atoms with E-state index < -0.39 is 0 Å². The van der Waals surface area contributed by atoms with Gasteiger partial charge in [-0.2, -0.15) is 0 Å². The fourth-order valence-electron chi connectivity index (χ4n) is 2.34. The third kappa shape index (κ3) is 4.06. The first-order valence-corrected chi connectivity index (χ1v) is 8.94. The number of hydrogen-bond donors (Lipinski definition) is 1. The van der Waals surface area contributed by atoms with Crippen LogP contribution in [0.1, 0.15) is 38.4 Å². The molecule has 0 aliphatic carbocycles. The maximum Gasteiger partial charge on any atom is 0.230 e. The molecule has 128 valence electrons. The zero-order valence-electron chi connectivity index (χ0n) is 14.2. The van der Waals surface area contributed by atoms with Gasteiger partial charge >= 0.3 is 0 Å². The van der Waals surface area contributed by atoms with Crippen molar-refractivity contribution >= 4 is 22.4 Å². The molecule has 0 saturated carbocycles. The summed E-state index contributed by atoms with van der Waals surface area (Å²) in [5.41, 5.74) is 1.86. The topological polar surface area (TPSA) is 60.5 Å². The first-order valence-electron chi connectivity index (χ1n) is 8.06. The molecule has 0 saturated heterocycles. The molecule has 0 bridgehead atoms. The van der Waals surface area contributed by atoms with E-state index in [1.807, 2.05) is 23.6 Å². The highest BCUT2D eigenvalue weighted by Gasteiger charge is 2.18. The van der Waals surface area contributed by atoms with Gasteiger partial charge in [0.15, 0.2) is 16.6 Å². The van der Waals surface area contributed by atoms with Gasteiger partial charge < -0.3 is 14.8 Å². The smallest absolute Gasteiger partial charge is 0.230 e. The summed E-state index contributed by atoms with van der Waals surface area (Å²) in [6.45, 7) is 7.60. The van der Waals surface area contributed by atoms with Gasteiger partial charge in [0, 0.05) is 17.2 Å². The lowest BCUT2D eigenvalue weighted by Crippen LogP contribution is -2.15. The number of ether oxygens (including phenoxy) is 2. The third-order valence-electron chi connectivity index (χ3n) is 3.70. The first kappa shape index (κ1) is 16.8. The van der Waals surface area contributed by atoms with Gasteiger partial charge in [-0.25, -0.2) is 4.98 Å². The molecular weight excluding hydrogens is 324 g/mol. The molecule has 1 N–H and O–H groups in total. The van der Waals surface area contributed by atoms with E-state index in [9.17, 15) is 4.79 Å². The van der Waals surface area contributed by atoms with Crippen molar-refractivity contribution in [3.8, 4) is 11.5 Å². The van der Waals surface area contributed by atoms with Crippen LogP contribution in [0.25, 0.3) is 0 Å². The average molecular weight is 346 g/mol. The summed E-state index contributed by atoms with van der Waals surface area (Å²) < 4.78 is 11.3. The number of aromatic nitrogens is 1. The Kier molecular flexibility index (Phi) is 4.76. The van der Waals surface area contributed by atoms with Crippen molar-refractivity contribution in [2.45, 2.75) is 39.0 Å². The zero-order valence-corrected chi connectivity index (χ0v) is 15.0. The van der Waals surface area contributed by atoms with Crippen LogP contribution in [0.15, 0.2) is 23.6 Å². The van der Waals surface area contributed by atoms with Crippen LogP contribution in [0.4, 0.5) is 5.13 Å². The lowest BCUT2D eigenvalue weighted by molar-refractivity contribution is -0.115. The summed E-state index contributed by atoms with van der Waals surface area (Å²) in [4.78, 5) is 16.7. The number of rotatable bonds is 3. The molecule has 0 fully saturated rings. The SMILES string of the molecule is CC(C)(C)c1csc(NC(=O)Cc2ccc3c(c2)OCCCO3)n1. The Balaban J connectivity index is 1.65. The molecule has 0 spiro atoms. The second-order valence-electron chi connectivity index (χ2n) is 6.84. The average Bonchev–Trinajstić information content (AvgIpc) is 2.85. The van der Waals surface area contributed by atoms with Crippen molar-refractivity contribution in [3.63, 3.8) is 0 Å².